The lowest BCUT2D eigenvalue weighted by molar-refractivity contribution is -0.164. The Hall–Kier alpha value is -1.93. The summed E-state index contributed by atoms with van der Waals surface area (Å²) in [6, 6.07) is 2.56. The molecule has 8 heteroatoms. The Bertz CT molecular complexity index is 754. The molecule has 1 saturated carbocycles. The molecule has 4 rings (SSSR count). The Kier molecular flexibility index (Phi) is 6.43. The predicted molar refractivity (Wildman–Crippen MR) is 116 cm³/mol. The molecule has 2 saturated heterocycles. The van der Waals surface area contributed by atoms with Crippen molar-refractivity contribution >= 4 is 17.7 Å². The Balaban J connectivity index is 1.56. The molecule has 1 N–H and O–H groups in total. The van der Waals surface area contributed by atoms with E-state index in [4.69, 9.17) is 9.47 Å². The summed E-state index contributed by atoms with van der Waals surface area (Å²) in [6.45, 7) is 9.53. The number of aromatic nitrogens is 2. The van der Waals surface area contributed by atoms with Gasteiger partial charge in [0, 0.05) is 51.0 Å². The van der Waals surface area contributed by atoms with Gasteiger partial charge in [0.15, 0.2) is 0 Å². The van der Waals surface area contributed by atoms with Crippen molar-refractivity contribution in [2.24, 2.45) is 11.3 Å². The third-order valence-corrected chi connectivity index (χ3v) is 7.11. The molecular formula is C22H35N5O3. The highest BCUT2D eigenvalue weighted by molar-refractivity contribution is 5.79. The predicted octanol–water partition coefficient (Wildman–Crippen LogP) is 2.09. The zero-order valence-electron chi connectivity index (χ0n) is 18.5. The highest BCUT2D eigenvalue weighted by Gasteiger charge is 2.54. The number of rotatable bonds is 5. The minimum Gasteiger partial charge on any atom is -0.466 e. The van der Waals surface area contributed by atoms with Crippen LogP contribution in [-0.4, -0.2) is 79.9 Å². The molecule has 3 atom stereocenters. The van der Waals surface area contributed by atoms with Gasteiger partial charge in [-0.3, -0.25) is 9.69 Å². The molecule has 1 aromatic rings. The molecule has 8 nitrogen and oxygen atoms in total. The third-order valence-electron chi connectivity index (χ3n) is 7.11. The van der Waals surface area contributed by atoms with Gasteiger partial charge in [-0.2, -0.15) is 4.98 Å². The van der Waals surface area contributed by atoms with Gasteiger partial charge in [0.05, 0.1) is 25.2 Å². The van der Waals surface area contributed by atoms with Crippen LogP contribution in [0.1, 0.15) is 38.3 Å². The van der Waals surface area contributed by atoms with Gasteiger partial charge in [0.1, 0.15) is 5.82 Å². The zero-order valence-corrected chi connectivity index (χ0v) is 18.5. The molecule has 0 spiro atoms. The molecule has 30 heavy (non-hydrogen) atoms. The SMILES string of the molecule is CCOC(=O)[C@@]12CC[C@H](N3CCOCC3)C[C@H]1CCN(c1cc(C)nc(NC)n1)C2. The van der Waals surface area contributed by atoms with Gasteiger partial charge in [0.2, 0.25) is 5.95 Å². The fraction of sp³-hybridized carbons (Fsp3) is 0.773. The quantitative estimate of drug-likeness (QED) is 0.730. The van der Waals surface area contributed by atoms with Gasteiger partial charge >= 0.3 is 5.97 Å². The number of nitrogens with zero attached hydrogens (tertiary/aromatic N) is 4. The van der Waals surface area contributed by atoms with E-state index in [9.17, 15) is 4.79 Å². The Labute approximate surface area is 179 Å². The number of morpholine rings is 1. The molecule has 1 aliphatic carbocycles. The first-order valence-corrected chi connectivity index (χ1v) is 11.3. The maximum Gasteiger partial charge on any atom is 0.314 e. The monoisotopic (exact) mass is 417 g/mol. The highest BCUT2D eigenvalue weighted by Crippen LogP contribution is 2.49. The second-order valence-corrected chi connectivity index (χ2v) is 8.80. The Morgan fingerprint density at radius 2 is 2.10 bits per heavy atom. The van der Waals surface area contributed by atoms with Gasteiger partial charge in [-0.15, -0.1) is 0 Å². The summed E-state index contributed by atoms with van der Waals surface area (Å²) in [5, 5.41) is 3.04. The van der Waals surface area contributed by atoms with Crippen molar-refractivity contribution < 1.29 is 14.3 Å². The average Bonchev–Trinajstić information content (AvgIpc) is 2.78. The second-order valence-electron chi connectivity index (χ2n) is 8.80. The summed E-state index contributed by atoms with van der Waals surface area (Å²) < 4.78 is 11.2. The molecule has 2 aliphatic heterocycles. The van der Waals surface area contributed by atoms with Crippen molar-refractivity contribution in [2.45, 2.75) is 45.6 Å². The molecule has 0 aromatic carbocycles. The van der Waals surface area contributed by atoms with Crippen LogP contribution in [0.2, 0.25) is 0 Å². The number of carbonyl (C=O) groups excluding carboxylic acids is 1. The van der Waals surface area contributed by atoms with Crippen molar-refractivity contribution in [3.63, 3.8) is 0 Å². The van der Waals surface area contributed by atoms with Crippen LogP contribution >= 0.6 is 0 Å². The number of hydrogen-bond donors (Lipinski definition) is 1. The number of esters is 1. The lowest BCUT2D eigenvalue weighted by atomic mass is 9.61. The van der Waals surface area contributed by atoms with Gasteiger partial charge in [0.25, 0.3) is 0 Å². The summed E-state index contributed by atoms with van der Waals surface area (Å²) in [5.74, 6) is 1.83. The maximum atomic E-state index is 13.3. The molecule has 0 bridgehead atoms. The summed E-state index contributed by atoms with van der Waals surface area (Å²) in [4.78, 5) is 27.2. The number of anilines is 2. The first-order valence-electron chi connectivity index (χ1n) is 11.3. The minimum atomic E-state index is -0.449. The van der Waals surface area contributed by atoms with E-state index in [1.54, 1.807) is 0 Å². The lowest BCUT2D eigenvalue weighted by Crippen LogP contribution is -2.59. The van der Waals surface area contributed by atoms with E-state index in [2.05, 4.69) is 25.1 Å². The summed E-state index contributed by atoms with van der Waals surface area (Å²) >= 11 is 0. The molecule has 166 valence electrons. The first kappa shape index (κ1) is 21.3. The number of fused-ring (bicyclic) bond motifs is 1. The topological polar surface area (TPSA) is 79.8 Å². The standard InChI is InChI=1S/C22H35N5O3/c1-4-30-20(28)22-7-5-18(26-9-11-29-12-10-26)14-17(22)6-8-27(15-22)19-13-16(2)24-21(23-3)25-19/h13,17-18H,4-12,14-15H2,1-3H3,(H,23,24,25)/t17-,18+,22-/m1/s1. The zero-order chi connectivity index (χ0) is 21.1. The number of hydrogen-bond acceptors (Lipinski definition) is 8. The van der Waals surface area contributed by atoms with Crippen LogP contribution in [0.4, 0.5) is 11.8 Å². The van der Waals surface area contributed by atoms with Gasteiger partial charge in [-0.05, 0) is 45.4 Å². The van der Waals surface area contributed by atoms with E-state index >= 15 is 0 Å². The molecule has 0 amide bonds. The third kappa shape index (κ3) is 4.12. The fourth-order valence-electron chi connectivity index (χ4n) is 5.54. The number of carbonyl (C=O) groups is 1. The van der Waals surface area contributed by atoms with Crippen molar-refractivity contribution in [3.8, 4) is 0 Å². The lowest BCUT2D eigenvalue weighted by Gasteiger charge is -2.52. The summed E-state index contributed by atoms with van der Waals surface area (Å²) in [6.07, 6.45) is 3.96. The van der Waals surface area contributed by atoms with Gasteiger partial charge in [-0.1, -0.05) is 0 Å². The Morgan fingerprint density at radius 3 is 2.83 bits per heavy atom. The van der Waals surface area contributed by atoms with Gasteiger partial charge < -0.3 is 19.7 Å². The van der Waals surface area contributed by atoms with E-state index in [1.165, 1.54) is 0 Å². The van der Waals surface area contributed by atoms with E-state index in [1.807, 2.05) is 27.0 Å². The second kappa shape index (κ2) is 9.06. The average molecular weight is 418 g/mol. The molecule has 0 radical (unpaired) electrons. The number of ether oxygens (including phenoxy) is 2. The van der Waals surface area contributed by atoms with Crippen molar-refractivity contribution in [1.29, 1.82) is 0 Å². The maximum absolute atomic E-state index is 13.3. The molecule has 3 aliphatic rings. The molecule has 3 fully saturated rings. The van der Waals surface area contributed by atoms with E-state index < -0.39 is 5.41 Å². The number of aryl methyl sites for hydroxylation is 1. The van der Waals surface area contributed by atoms with Crippen molar-refractivity contribution in [2.75, 3.05) is 63.3 Å². The van der Waals surface area contributed by atoms with E-state index in [0.717, 1.165) is 70.0 Å². The van der Waals surface area contributed by atoms with Gasteiger partial charge in [-0.25, -0.2) is 4.98 Å². The van der Waals surface area contributed by atoms with Crippen molar-refractivity contribution in [1.82, 2.24) is 14.9 Å². The van der Waals surface area contributed by atoms with E-state index in [0.29, 0.717) is 31.1 Å². The molecule has 1 aromatic heterocycles. The minimum absolute atomic E-state index is 0.0280. The highest BCUT2D eigenvalue weighted by atomic mass is 16.5. The smallest absolute Gasteiger partial charge is 0.314 e. The van der Waals surface area contributed by atoms with Crippen LogP contribution in [0.25, 0.3) is 0 Å². The van der Waals surface area contributed by atoms with Crippen LogP contribution in [0.3, 0.4) is 0 Å². The normalized spacial score (nSPS) is 29.9. The molecule has 0 unspecified atom stereocenters. The molecule has 3 heterocycles. The van der Waals surface area contributed by atoms with Crippen LogP contribution in [0.5, 0.6) is 0 Å². The summed E-state index contributed by atoms with van der Waals surface area (Å²) in [5.41, 5.74) is 0.475. The number of piperidine rings is 1. The van der Waals surface area contributed by atoms with E-state index in [-0.39, 0.29) is 5.97 Å². The van der Waals surface area contributed by atoms with Crippen LogP contribution in [0.15, 0.2) is 6.07 Å². The van der Waals surface area contributed by atoms with Crippen LogP contribution in [0, 0.1) is 18.3 Å². The van der Waals surface area contributed by atoms with Crippen LogP contribution in [-0.2, 0) is 14.3 Å². The first-order chi connectivity index (χ1) is 14.6. The largest absolute Gasteiger partial charge is 0.466 e. The fourth-order valence-corrected chi connectivity index (χ4v) is 5.54. The summed E-state index contributed by atoms with van der Waals surface area (Å²) in [7, 11) is 1.83. The Morgan fingerprint density at radius 1 is 1.30 bits per heavy atom. The van der Waals surface area contributed by atoms with Crippen LogP contribution < -0.4 is 10.2 Å². The van der Waals surface area contributed by atoms with Crippen molar-refractivity contribution in [3.05, 3.63) is 11.8 Å². The number of nitrogens with one attached hydrogen (secondary N) is 1. The molecular weight excluding hydrogens is 382 g/mol.